The summed E-state index contributed by atoms with van der Waals surface area (Å²) in [4.78, 5) is 25.7. The molecule has 1 saturated carbocycles. The Kier molecular flexibility index (Phi) is 7.20. The van der Waals surface area contributed by atoms with E-state index in [2.05, 4.69) is 70.5 Å². The number of anilines is 2. The summed E-state index contributed by atoms with van der Waals surface area (Å²) in [5.41, 5.74) is 2.61. The minimum atomic E-state index is -0.345. The van der Waals surface area contributed by atoms with Gasteiger partial charge in [0.25, 0.3) is 0 Å². The van der Waals surface area contributed by atoms with E-state index in [4.69, 9.17) is 4.74 Å². The first-order valence-corrected chi connectivity index (χ1v) is 13.1. The van der Waals surface area contributed by atoms with Crippen LogP contribution in [0.3, 0.4) is 0 Å². The molecule has 1 amide bonds. The molecule has 1 aromatic heterocycles. The van der Waals surface area contributed by atoms with Crippen LogP contribution in [0.2, 0.25) is 0 Å². The van der Waals surface area contributed by atoms with Crippen LogP contribution in [0.5, 0.6) is 0 Å². The lowest BCUT2D eigenvalue weighted by molar-refractivity contribution is 0.160. The highest BCUT2D eigenvalue weighted by Crippen LogP contribution is 2.40. The molecule has 1 aromatic carbocycles. The molecular formula is C27H38N6O2. The molecule has 2 aliphatic heterocycles. The molecule has 2 saturated heterocycles. The number of ether oxygens (including phenoxy) is 1. The molecular weight excluding hydrogens is 440 g/mol. The van der Waals surface area contributed by atoms with E-state index in [0.29, 0.717) is 24.4 Å². The van der Waals surface area contributed by atoms with E-state index in [0.717, 1.165) is 32.1 Å². The Morgan fingerprint density at radius 2 is 1.80 bits per heavy atom. The second-order valence-corrected chi connectivity index (χ2v) is 10.5. The molecule has 0 radical (unpaired) electrons. The molecule has 3 atom stereocenters. The van der Waals surface area contributed by atoms with Gasteiger partial charge in [-0.1, -0.05) is 51.0 Å². The molecule has 1 aliphatic carbocycles. The van der Waals surface area contributed by atoms with Crippen molar-refractivity contribution in [2.75, 3.05) is 43.0 Å². The van der Waals surface area contributed by atoms with Gasteiger partial charge in [0, 0.05) is 38.4 Å². The minimum absolute atomic E-state index is 0.0190. The maximum Gasteiger partial charge on any atom is 0.415 e. The number of nitrogens with one attached hydrogen (secondary N) is 2. The Labute approximate surface area is 208 Å². The van der Waals surface area contributed by atoms with Crippen molar-refractivity contribution in [3.63, 3.8) is 0 Å². The van der Waals surface area contributed by atoms with E-state index in [1.807, 2.05) is 0 Å². The van der Waals surface area contributed by atoms with Gasteiger partial charge in [0.2, 0.25) is 5.95 Å². The minimum Gasteiger partial charge on any atom is -0.447 e. The third-order valence-electron chi connectivity index (χ3n) is 7.58. The standard InChI is InChI=1S/C27H38N6O2/c1-18(2)24-17-35-27(34)33(24)25-10-11-29-26(31-25)30-19(3)21-6-8-22(9-7-21)23(16-20-4-5-20)32-14-12-28-13-15-32/h6-11,18-20,23-24,28H,4-5,12-17H2,1-3H3,(H,29,30,31)/t19?,23?,24-/m1/s1. The molecule has 35 heavy (non-hydrogen) atoms. The van der Waals surface area contributed by atoms with Crippen molar-refractivity contribution in [3.8, 4) is 0 Å². The Morgan fingerprint density at radius 1 is 1.09 bits per heavy atom. The van der Waals surface area contributed by atoms with Gasteiger partial charge in [-0.3, -0.25) is 9.80 Å². The fourth-order valence-electron chi connectivity index (χ4n) is 5.19. The van der Waals surface area contributed by atoms with Gasteiger partial charge in [0.15, 0.2) is 0 Å². The predicted molar refractivity (Wildman–Crippen MR) is 137 cm³/mol. The number of cyclic esters (lactones) is 1. The molecule has 5 rings (SSSR count). The molecule has 3 heterocycles. The number of rotatable bonds is 9. The number of benzene rings is 1. The zero-order valence-corrected chi connectivity index (χ0v) is 21.1. The molecule has 3 aliphatic rings. The van der Waals surface area contributed by atoms with Crippen molar-refractivity contribution in [2.24, 2.45) is 11.8 Å². The fraction of sp³-hybridized carbons (Fsp3) is 0.593. The molecule has 2 N–H and O–H groups in total. The predicted octanol–water partition coefficient (Wildman–Crippen LogP) is 4.38. The van der Waals surface area contributed by atoms with Crippen LogP contribution in [0.15, 0.2) is 36.5 Å². The van der Waals surface area contributed by atoms with Crippen molar-refractivity contribution in [2.45, 2.75) is 58.2 Å². The Morgan fingerprint density at radius 3 is 2.49 bits per heavy atom. The average Bonchev–Trinajstić information content (AvgIpc) is 3.61. The van der Waals surface area contributed by atoms with Gasteiger partial charge in [0.05, 0.1) is 12.1 Å². The van der Waals surface area contributed by atoms with E-state index in [1.54, 1.807) is 17.2 Å². The summed E-state index contributed by atoms with van der Waals surface area (Å²) in [6, 6.07) is 11.3. The van der Waals surface area contributed by atoms with Crippen LogP contribution in [-0.2, 0) is 4.74 Å². The summed E-state index contributed by atoms with van der Waals surface area (Å²) in [7, 11) is 0. The smallest absolute Gasteiger partial charge is 0.415 e. The number of piperazine rings is 1. The number of aromatic nitrogens is 2. The van der Waals surface area contributed by atoms with Gasteiger partial charge in [-0.15, -0.1) is 0 Å². The number of nitrogens with zero attached hydrogens (tertiary/aromatic N) is 4. The van der Waals surface area contributed by atoms with E-state index in [9.17, 15) is 4.79 Å². The maximum absolute atomic E-state index is 12.3. The van der Waals surface area contributed by atoms with Crippen LogP contribution in [0.4, 0.5) is 16.6 Å². The quantitative estimate of drug-likeness (QED) is 0.553. The van der Waals surface area contributed by atoms with Crippen LogP contribution in [0.1, 0.15) is 63.2 Å². The summed E-state index contributed by atoms with van der Waals surface area (Å²) >= 11 is 0. The average molecular weight is 479 g/mol. The van der Waals surface area contributed by atoms with Crippen LogP contribution in [-0.4, -0.2) is 59.8 Å². The molecule has 8 nitrogen and oxygen atoms in total. The molecule has 0 bridgehead atoms. The van der Waals surface area contributed by atoms with Crippen molar-refractivity contribution >= 4 is 17.9 Å². The third-order valence-corrected chi connectivity index (χ3v) is 7.58. The van der Waals surface area contributed by atoms with Crippen LogP contribution >= 0.6 is 0 Å². The first-order valence-electron chi connectivity index (χ1n) is 13.1. The van der Waals surface area contributed by atoms with Crippen molar-refractivity contribution < 1.29 is 9.53 Å². The topological polar surface area (TPSA) is 82.6 Å². The Hall–Kier alpha value is -2.71. The maximum atomic E-state index is 12.3. The number of carbonyl (C=O) groups excluding carboxylic acids is 1. The first-order chi connectivity index (χ1) is 17.0. The van der Waals surface area contributed by atoms with Gasteiger partial charge < -0.3 is 15.4 Å². The molecule has 188 valence electrons. The summed E-state index contributed by atoms with van der Waals surface area (Å²) in [5.74, 6) is 2.25. The van der Waals surface area contributed by atoms with E-state index in [1.165, 1.54) is 30.4 Å². The van der Waals surface area contributed by atoms with Gasteiger partial charge in [0.1, 0.15) is 12.4 Å². The van der Waals surface area contributed by atoms with Gasteiger partial charge in [-0.05, 0) is 42.4 Å². The second-order valence-electron chi connectivity index (χ2n) is 10.5. The van der Waals surface area contributed by atoms with Crippen molar-refractivity contribution in [3.05, 3.63) is 47.7 Å². The highest BCUT2D eigenvalue weighted by atomic mass is 16.6. The Balaban J connectivity index is 1.27. The van der Waals surface area contributed by atoms with Crippen LogP contribution in [0, 0.1) is 11.8 Å². The largest absolute Gasteiger partial charge is 0.447 e. The summed E-state index contributed by atoms with van der Waals surface area (Å²) in [6.07, 6.45) is 5.38. The zero-order chi connectivity index (χ0) is 24.4. The molecule has 0 spiro atoms. The van der Waals surface area contributed by atoms with Crippen LogP contribution in [0.25, 0.3) is 0 Å². The van der Waals surface area contributed by atoms with Gasteiger partial charge >= 0.3 is 6.09 Å². The van der Waals surface area contributed by atoms with Crippen LogP contribution < -0.4 is 15.5 Å². The molecule has 3 fully saturated rings. The monoisotopic (exact) mass is 478 g/mol. The third kappa shape index (κ3) is 5.59. The molecule has 2 aromatic rings. The van der Waals surface area contributed by atoms with Crippen molar-refractivity contribution in [1.82, 2.24) is 20.2 Å². The highest BCUT2D eigenvalue weighted by Gasteiger charge is 2.37. The summed E-state index contributed by atoms with van der Waals surface area (Å²) in [5, 5.41) is 6.89. The van der Waals surface area contributed by atoms with E-state index in [-0.39, 0.29) is 24.1 Å². The number of amides is 1. The lowest BCUT2D eigenvalue weighted by atomic mass is 9.96. The Bertz CT molecular complexity index is 1000. The zero-order valence-electron chi connectivity index (χ0n) is 21.1. The second kappa shape index (κ2) is 10.5. The summed E-state index contributed by atoms with van der Waals surface area (Å²) < 4.78 is 5.29. The number of hydrogen-bond donors (Lipinski definition) is 2. The number of carbonyl (C=O) groups is 1. The SMILES string of the molecule is CC(Nc1nccc(N2C(=O)OC[C@@H]2C(C)C)n1)c1ccc(C(CC2CC2)N2CCNCC2)cc1. The number of hydrogen-bond acceptors (Lipinski definition) is 7. The molecule has 8 heteroatoms. The van der Waals surface area contributed by atoms with E-state index < -0.39 is 0 Å². The lowest BCUT2D eigenvalue weighted by Gasteiger charge is -2.35. The molecule has 2 unspecified atom stereocenters. The van der Waals surface area contributed by atoms with Gasteiger partial charge in [-0.25, -0.2) is 9.78 Å². The normalized spacial score (nSPS) is 22.8. The van der Waals surface area contributed by atoms with Gasteiger partial charge in [-0.2, -0.15) is 4.98 Å². The first kappa shape index (κ1) is 24.0. The fourth-order valence-corrected chi connectivity index (χ4v) is 5.19. The lowest BCUT2D eigenvalue weighted by Crippen LogP contribution is -2.45. The summed E-state index contributed by atoms with van der Waals surface area (Å²) in [6.45, 7) is 11.1. The highest BCUT2D eigenvalue weighted by molar-refractivity contribution is 5.89. The van der Waals surface area contributed by atoms with E-state index >= 15 is 0 Å². The van der Waals surface area contributed by atoms with Crippen molar-refractivity contribution in [1.29, 1.82) is 0 Å².